The third kappa shape index (κ3) is 5.73. The third-order valence-electron chi connectivity index (χ3n) is 6.13. The van der Waals surface area contributed by atoms with E-state index in [4.69, 9.17) is 4.74 Å². The zero-order chi connectivity index (χ0) is 23.9. The highest BCUT2D eigenvalue weighted by Crippen LogP contribution is 2.25. The molecule has 0 aliphatic carbocycles. The monoisotopic (exact) mass is 458 g/mol. The van der Waals surface area contributed by atoms with Gasteiger partial charge in [-0.1, -0.05) is 25.1 Å². The number of hydrogen-bond acceptors (Lipinski definition) is 5. The molecular formula is C27H30N4O3. The quantitative estimate of drug-likeness (QED) is 0.533. The summed E-state index contributed by atoms with van der Waals surface area (Å²) in [5, 5.41) is 5.96. The minimum absolute atomic E-state index is 0.0407. The summed E-state index contributed by atoms with van der Waals surface area (Å²) in [6, 6.07) is 18.7. The number of rotatable bonds is 7. The number of amides is 2. The van der Waals surface area contributed by atoms with Crippen LogP contribution in [0.5, 0.6) is 5.75 Å². The molecule has 0 unspecified atom stereocenters. The van der Waals surface area contributed by atoms with Crippen molar-refractivity contribution in [1.82, 2.24) is 4.98 Å². The van der Waals surface area contributed by atoms with E-state index in [-0.39, 0.29) is 17.7 Å². The highest BCUT2D eigenvalue weighted by molar-refractivity contribution is 6.04. The Morgan fingerprint density at radius 2 is 1.74 bits per heavy atom. The van der Waals surface area contributed by atoms with Gasteiger partial charge in [0, 0.05) is 48.2 Å². The van der Waals surface area contributed by atoms with Gasteiger partial charge in [-0.2, -0.15) is 0 Å². The number of carbonyl (C=O) groups is 2. The number of benzene rings is 2. The van der Waals surface area contributed by atoms with Gasteiger partial charge in [-0.15, -0.1) is 0 Å². The molecule has 2 amide bonds. The molecular weight excluding hydrogens is 428 g/mol. The Bertz CT molecular complexity index is 1160. The molecule has 176 valence electrons. The van der Waals surface area contributed by atoms with Crippen molar-refractivity contribution in [3.8, 4) is 5.75 Å². The first-order valence-electron chi connectivity index (χ1n) is 11.6. The van der Waals surface area contributed by atoms with E-state index in [1.807, 2.05) is 36.4 Å². The van der Waals surface area contributed by atoms with E-state index in [2.05, 4.69) is 33.5 Å². The number of ether oxygens (including phenoxy) is 1. The van der Waals surface area contributed by atoms with Crippen LogP contribution >= 0.6 is 0 Å². The SMILES string of the molecule is CCc1cccc(NC(=O)C2CCN(c3cc(C(=O)Nc4cccc(OC)c4)ccn3)CC2)c1. The summed E-state index contributed by atoms with van der Waals surface area (Å²) in [6.45, 7) is 3.52. The third-order valence-corrected chi connectivity index (χ3v) is 6.13. The van der Waals surface area contributed by atoms with E-state index < -0.39 is 0 Å². The maximum absolute atomic E-state index is 12.8. The highest BCUT2D eigenvalue weighted by atomic mass is 16.5. The number of anilines is 3. The fourth-order valence-electron chi connectivity index (χ4n) is 4.12. The van der Waals surface area contributed by atoms with Crippen LogP contribution in [-0.2, 0) is 11.2 Å². The number of piperidine rings is 1. The fourth-order valence-corrected chi connectivity index (χ4v) is 4.12. The van der Waals surface area contributed by atoms with Crippen LogP contribution in [-0.4, -0.2) is 37.0 Å². The van der Waals surface area contributed by atoms with Gasteiger partial charge in [0.1, 0.15) is 11.6 Å². The van der Waals surface area contributed by atoms with Crippen LogP contribution in [0.1, 0.15) is 35.7 Å². The lowest BCUT2D eigenvalue weighted by Crippen LogP contribution is -2.38. The standard InChI is InChI=1S/C27H30N4O3/c1-3-19-6-4-7-22(16-19)29-26(32)20-11-14-31(15-12-20)25-17-21(10-13-28-25)27(33)30-23-8-5-9-24(18-23)34-2/h4-10,13,16-18,20H,3,11-12,14-15H2,1-2H3,(H,29,32)(H,30,33). The maximum Gasteiger partial charge on any atom is 0.255 e. The first kappa shape index (κ1) is 23.3. The van der Waals surface area contributed by atoms with Gasteiger partial charge in [0.25, 0.3) is 5.91 Å². The zero-order valence-electron chi connectivity index (χ0n) is 19.6. The van der Waals surface area contributed by atoms with Crippen molar-refractivity contribution >= 4 is 29.0 Å². The second-order valence-corrected chi connectivity index (χ2v) is 8.39. The fraction of sp³-hybridized carbons (Fsp3) is 0.296. The molecule has 1 aliphatic rings. The van der Waals surface area contributed by atoms with E-state index in [9.17, 15) is 9.59 Å². The van der Waals surface area contributed by atoms with Crippen molar-refractivity contribution in [3.63, 3.8) is 0 Å². The second-order valence-electron chi connectivity index (χ2n) is 8.39. The van der Waals surface area contributed by atoms with Crippen LogP contribution in [0.2, 0.25) is 0 Å². The van der Waals surface area contributed by atoms with Gasteiger partial charge < -0.3 is 20.3 Å². The number of nitrogens with zero attached hydrogens (tertiary/aromatic N) is 2. The number of nitrogens with one attached hydrogen (secondary N) is 2. The lowest BCUT2D eigenvalue weighted by atomic mass is 9.95. The van der Waals surface area contributed by atoms with Crippen molar-refractivity contribution in [2.75, 3.05) is 35.7 Å². The molecule has 0 bridgehead atoms. The summed E-state index contributed by atoms with van der Waals surface area (Å²) in [7, 11) is 1.59. The Labute approximate surface area is 200 Å². The molecule has 1 saturated heterocycles. The van der Waals surface area contributed by atoms with E-state index in [1.165, 1.54) is 5.56 Å². The Morgan fingerprint density at radius 1 is 1.00 bits per heavy atom. The summed E-state index contributed by atoms with van der Waals surface area (Å²) in [4.78, 5) is 32.1. The molecule has 1 aromatic heterocycles. The smallest absolute Gasteiger partial charge is 0.255 e. The van der Waals surface area contributed by atoms with Crippen molar-refractivity contribution in [2.24, 2.45) is 5.92 Å². The Balaban J connectivity index is 1.34. The van der Waals surface area contributed by atoms with Gasteiger partial charge >= 0.3 is 0 Å². The number of aryl methyl sites for hydroxylation is 1. The van der Waals surface area contributed by atoms with Gasteiger partial charge in [-0.05, 0) is 61.2 Å². The molecule has 7 heteroatoms. The van der Waals surface area contributed by atoms with Crippen molar-refractivity contribution in [1.29, 1.82) is 0 Å². The lowest BCUT2D eigenvalue weighted by molar-refractivity contribution is -0.120. The molecule has 3 aromatic rings. The largest absolute Gasteiger partial charge is 0.497 e. The van der Waals surface area contributed by atoms with Crippen molar-refractivity contribution in [3.05, 3.63) is 78.0 Å². The second kappa shape index (κ2) is 10.8. The van der Waals surface area contributed by atoms with Gasteiger partial charge in [0.2, 0.25) is 5.91 Å². The van der Waals surface area contributed by atoms with Crippen LogP contribution in [0.3, 0.4) is 0 Å². The molecule has 1 aliphatic heterocycles. The molecule has 2 N–H and O–H groups in total. The average molecular weight is 459 g/mol. The van der Waals surface area contributed by atoms with Gasteiger partial charge in [-0.25, -0.2) is 4.98 Å². The van der Waals surface area contributed by atoms with E-state index in [0.29, 0.717) is 30.1 Å². The van der Waals surface area contributed by atoms with Crippen LogP contribution in [0.15, 0.2) is 66.9 Å². The lowest BCUT2D eigenvalue weighted by Gasteiger charge is -2.32. The zero-order valence-corrected chi connectivity index (χ0v) is 19.6. The minimum atomic E-state index is -0.208. The molecule has 34 heavy (non-hydrogen) atoms. The number of methoxy groups -OCH3 is 1. The number of carbonyl (C=O) groups excluding carboxylic acids is 2. The predicted molar refractivity (Wildman–Crippen MR) is 135 cm³/mol. The Kier molecular flexibility index (Phi) is 7.42. The molecule has 0 radical (unpaired) electrons. The normalized spacial score (nSPS) is 13.9. The van der Waals surface area contributed by atoms with Gasteiger partial charge in [0.05, 0.1) is 7.11 Å². The molecule has 0 spiro atoms. The van der Waals surface area contributed by atoms with Crippen LogP contribution in [0, 0.1) is 5.92 Å². The van der Waals surface area contributed by atoms with Crippen molar-refractivity contribution in [2.45, 2.75) is 26.2 Å². The number of pyridine rings is 1. The predicted octanol–water partition coefficient (Wildman–Crippen LogP) is 4.76. The van der Waals surface area contributed by atoms with Crippen LogP contribution < -0.4 is 20.3 Å². The van der Waals surface area contributed by atoms with Crippen LogP contribution in [0.25, 0.3) is 0 Å². The summed E-state index contributed by atoms with van der Waals surface area (Å²) in [5.74, 6) is 1.24. The summed E-state index contributed by atoms with van der Waals surface area (Å²) in [5.41, 5.74) is 3.25. The number of aromatic nitrogens is 1. The highest BCUT2D eigenvalue weighted by Gasteiger charge is 2.26. The maximum atomic E-state index is 12.8. The molecule has 7 nitrogen and oxygen atoms in total. The molecule has 4 rings (SSSR count). The Hall–Kier alpha value is -3.87. The average Bonchev–Trinajstić information content (AvgIpc) is 2.89. The van der Waals surface area contributed by atoms with Gasteiger partial charge in [-0.3, -0.25) is 9.59 Å². The molecule has 0 atom stereocenters. The number of hydrogen-bond donors (Lipinski definition) is 2. The molecule has 2 aromatic carbocycles. The van der Waals surface area contributed by atoms with E-state index in [1.54, 1.807) is 31.5 Å². The summed E-state index contributed by atoms with van der Waals surface area (Å²) in [6.07, 6.45) is 4.06. The van der Waals surface area contributed by atoms with Gasteiger partial charge in [0.15, 0.2) is 0 Å². The topological polar surface area (TPSA) is 83.6 Å². The van der Waals surface area contributed by atoms with E-state index >= 15 is 0 Å². The summed E-state index contributed by atoms with van der Waals surface area (Å²) >= 11 is 0. The first-order chi connectivity index (χ1) is 16.6. The first-order valence-corrected chi connectivity index (χ1v) is 11.6. The van der Waals surface area contributed by atoms with Crippen molar-refractivity contribution < 1.29 is 14.3 Å². The Morgan fingerprint density at radius 3 is 2.47 bits per heavy atom. The molecule has 2 heterocycles. The van der Waals surface area contributed by atoms with Crippen LogP contribution in [0.4, 0.5) is 17.2 Å². The summed E-state index contributed by atoms with van der Waals surface area (Å²) < 4.78 is 5.21. The molecule has 0 saturated carbocycles. The van der Waals surface area contributed by atoms with E-state index in [0.717, 1.165) is 30.8 Å². The molecule has 1 fully saturated rings. The minimum Gasteiger partial charge on any atom is -0.497 e.